The normalized spacial score (nSPS) is 17.4. The van der Waals surface area contributed by atoms with E-state index in [2.05, 4.69) is 94.6 Å². The van der Waals surface area contributed by atoms with Crippen molar-refractivity contribution in [2.45, 2.75) is 51.9 Å². The van der Waals surface area contributed by atoms with Crippen LogP contribution in [0.4, 0.5) is 0 Å². The van der Waals surface area contributed by atoms with Crippen molar-refractivity contribution in [1.82, 2.24) is 5.32 Å². The van der Waals surface area contributed by atoms with Crippen LogP contribution < -0.4 is 5.32 Å². The van der Waals surface area contributed by atoms with Crippen LogP contribution in [-0.2, 0) is 0 Å². The minimum Gasteiger partial charge on any atom is -0.380 e. The third-order valence-electron chi connectivity index (χ3n) is 4.65. The first-order valence-corrected chi connectivity index (χ1v) is 11.3. The molecule has 1 radical (unpaired) electrons. The van der Waals surface area contributed by atoms with Crippen LogP contribution in [0.15, 0.2) is 54.1 Å². The third kappa shape index (κ3) is 3.08. The molecule has 0 saturated carbocycles. The Labute approximate surface area is 148 Å². The maximum absolute atomic E-state index is 3.81. The Balaban J connectivity index is 2.24. The lowest BCUT2D eigenvalue weighted by Crippen LogP contribution is -2.34. The van der Waals surface area contributed by atoms with Crippen LogP contribution in [0.25, 0.3) is 16.8 Å². The van der Waals surface area contributed by atoms with Gasteiger partial charge in [-0.1, -0.05) is 61.6 Å². The van der Waals surface area contributed by atoms with Gasteiger partial charge >= 0.3 is 0 Å². The van der Waals surface area contributed by atoms with E-state index in [0.717, 1.165) is 0 Å². The summed E-state index contributed by atoms with van der Waals surface area (Å²) < 4.78 is 0. The molecule has 24 heavy (non-hydrogen) atoms. The zero-order chi connectivity index (χ0) is 17.5. The molecule has 2 aromatic carbocycles. The Kier molecular flexibility index (Phi) is 4.44. The van der Waals surface area contributed by atoms with Crippen molar-refractivity contribution in [1.29, 1.82) is 0 Å². The smallest absolute Gasteiger partial charge is 0.0552 e. The standard InChI is InChI=1S/C22H28NSi/c1-15-20(23-22(2,3)4)19-17(16-11-8-7-9-12-16)13-10-14-18(19)21(15)24(5)6/h7-14,21,23H,1-6H3. The van der Waals surface area contributed by atoms with Crippen molar-refractivity contribution in [2.24, 2.45) is 0 Å². The highest BCUT2D eigenvalue weighted by Crippen LogP contribution is 2.46. The van der Waals surface area contributed by atoms with Crippen LogP contribution in [0.2, 0.25) is 13.1 Å². The van der Waals surface area contributed by atoms with Crippen LogP contribution in [0.1, 0.15) is 44.4 Å². The fourth-order valence-corrected chi connectivity index (χ4v) is 5.68. The zero-order valence-electron chi connectivity index (χ0n) is 15.7. The van der Waals surface area contributed by atoms with E-state index in [1.165, 1.54) is 33.5 Å². The lowest BCUT2D eigenvalue weighted by atomic mass is 9.95. The molecule has 0 aromatic heterocycles. The molecule has 0 aliphatic heterocycles. The van der Waals surface area contributed by atoms with Gasteiger partial charge in [-0.2, -0.15) is 0 Å². The maximum Gasteiger partial charge on any atom is 0.0552 e. The van der Waals surface area contributed by atoms with Crippen molar-refractivity contribution < 1.29 is 0 Å². The van der Waals surface area contributed by atoms with Crippen molar-refractivity contribution in [3.05, 3.63) is 65.2 Å². The Morgan fingerprint density at radius 2 is 1.58 bits per heavy atom. The van der Waals surface area contributed by atoms with E-state index >= 15 is 0 Å². The molecule has 0 saturated heterocycles. The van der Waals surface area contributed by atoms with Crippen LogP contribution in [0.3, 0.4) is 0 Å². The summed E-state index contributed by atoms with van der Waals surface area (Å²) in [5.74, 6) is 0. The van der Waals surface area contributed by atoms with Gasteiger partial charge < -0.3 is 5.32 Å². The Bertz CT molecular complexity index is 766. The largest absolute Gasteiger partial charge is 0.380 e. The molecule has 1 nitrogen and oxygen atoms in total. The van der Waals surface area contributed by atoms with E-state index in [1.54, 1.807) is 0 Å². The molecule has 1 aliphatic carbocycles. The summed E-state index contributed by atoms with van der Waals surface area (Å²) >= 11 is 0. The van der Waals surface area contributed by atoms with E-state index < -0.39 is 8.80 Å². The van der Waals surface area contributed by atoms with Gasteiger partial charge in [-0.05, 0) is 50.0 Å². The van der Waals surface area contributed by atoms with Crippen molar-refractivity contribution in [3.63, 3.8) is 0 Å². The number of benzene rings is 2. The molecule has 125 valence electrons. The molecule has 1 aliphatic rings. The van der Waals surface area contributed by atoms with Gasteiger partial charge in [0.25, 0.3) is 0 Å². The number of allylic oxidation sites excluding steroid dienone is 1. The van der Waals surface area contributed by atoms with E-state index in [1.807, 2.05) is 0 Å². The molecule has 3 rings (SSSR count). The fraction of sp³-hybridized carbons (Fsp3) is 0.364. The second-order valence-corrected chi connectivity index (χ2v) is 10.8. The summed E-state index contributed by atoms with van der Waals surface area (Å²) in [6, 6.07) is 17.6. The molecular formula is C22H28NSi. The van der Waals surface area contributed by atoms with E-state index in [-0.39, 0.29) is 5.54 Å². The van der Waals surface area contributed by atoms with Gasteiger partial charge in [-0.25, -0.2) is 0 Å². The third-order valence-corrected chi connectivity index (χ3v) is 6.55. The number of rotatable bonds is 3. The Morgan fingerprint density at radius 1 is 0.917 bits per heavy atom. The second-order valence-electron chi connectivity index (χ2n) is 8.08. The lowest BCUT2D eigenvalue weighted by Gasteiger charge is -2.25. The molecule has 0 spiro atoms. The Morgan fingerprint density at radius 3 is 2.17 bits per heavy atom. The number of nitrogens with one attached hydrogen (secondary N) is 1. The summed E-state index contributed by atoms with van der Waals surface area (Å²) in [5, 5.41) is 3.81. The molecule has 0 amide bonds. The highest BCUT2D eigenvalue weighted by molar-refractivity contribution is 6.59. The van der Waals surface area contributed by atoms with Gasteiger partial charge in [-0.3, -0.25) is 0 Å². The molecule has 0 bridgehead atoms. The molecule has 1 atom stereocenters. The van der Waals surface area contributed by atoms with Gasteiger partial charge in [0, 0.05) is 22.3 Å². The van der Waals surface area contributed by atoms with Gasteiger partial charge in [0.1, 0.15) is 0 Å². The van der Waals surface area contributed by atoms with Gasteiger partial charge in [0.2, 0.25) is 0 Å². The monoisotopic (exact) mass is 334 g/mol. The predicted molar refractivity (Wildman–Crippen MR) is 108 cm³/mol. The van der Waals surface area contributed by atoms with Crippen LogP contribution >= 0.6 is 0 Å². The van der Waals surface area contributed by atoms with Crippen molar-refractivity contribution in [2.75, 3.05) is 0 Å². The highest BCUT2D eigenvalue weighted by Gasteiger charge is 2.34. The van der Waals surface area contributed by atoms with Crippen LogP contribution in [0, 0.1) is 0 Å². The molecule has 1 unspecified atom stereocenters. The summed E-state index contributed by atoms with van der Waals surface area (Å²) in [4.78, 5) is 0. The summed E-state index contributed by atoms with van der Waals surface area (Å²) in [5.41, 5.74) is 9.11. The lowest BCUT2D eigenvalue weighted by molar-refractivity contribution is 0.500. The summed E-state index contributed by atoms with van der Waals surface area (Å²) in [7, 11) is -0.456. The highest BCUT2D eigenvalue weighted by atomic mass is 28.3. The second kappa shape index (κ2) is 6.25. The van der Waals surface area contributed by atoms with Gasteiger partial charge in [0.15, 0.2) is 0 Å². The number of hydrogen-bond donors (Lipinski definition) is 1. The van der Waals surface area contributed by atoms with Crippen LogP contribution in [-0.4, -0.2) is 14.3 Å². The topological polar surface area (TPSA) is 12.0 Å². The average molecular weight is 335 g/mol. The molecule has 0 fully saturated rings. The summed E-state index contributed by atoms with van der Waals surface area (Å²) in [6.45, 7) is 13.9. The molecule has 2 aromatic rings. The quantitative estimate of drug-likeness (QED) is 0.693. The maximum atomic E-state index is 3.81. The average Bonchev–Trinajstić information content (AvgIpc) is 2.79. The minimum absolute atomic E-state index is 0.0565. The first kappa shape index (κ1) is 17.0. The molecule has 1 N–H and O–H groups in total. The minimum atomic E-state index is -0.456. The van der Waals surface area contributed by atoms with Crippen molar-refractivity contribution >= 4 is 14.5 Å². The van der Waals surface area contributed by atoms with Gasteiger partial charge in [-0.15, -0.1) is 0 Å². The summed E-state index contributed by atoms with van der Waals surface area (Å²) in [6.07, 6.45) is 0. The van der Waals surface area contributed by atoms with E-state index in [0.29, 0.717) is 5.54 Å². The first-order chi connectivity index (χ1) is 11.3. The van der Waals surface area contributed by atoms with E-state index in [4.69, 9.17) is 0 Å². The fourth-order valence-electron chi connectivity index (χ4n) is 3.80. The SMILES string of the molecule is CC1=C(NC(C)(C)C)c2c(-c3ccccc3)cccc2C1[Si](C)C. The van der Waals surface area contributed by atoms with Gasteiger partial charge in [0.05, 0.1) is 8.80 Å². The Hall–Kier alpha value is -1.80. The van der Waals surface area contributed by atoms with Crippen molar-refractivity contribution in [3.8, 4) is 11.1 Å². The predicted octanol–water partition coefficient (Wildman–Crippen LogP) is 5.86. The molecule has 2 heteroatoms. The van der Waals surface area contributed by atoms with Crippen LogP contribution in [0.5, 0.6) is 0 Å². The molecular weight excluding hydrogens is 306 g/mol. The number of fused-ring (bicyclic) bond motifs is 1. The molecule has 0 heterocycles. The number of hydrogen-bond acceptors (Lipinski definition) is 1. The zero-order valence-corrected chi connectivity index (χ0v) is 16.7. The first-order valence-electron chi connectivity index (χ1n) is 8.77. The van der Waals surface area contributed by atoms with E-state index in [9.17, 15) is 0 Å².